The molecule has 3 aliphatic rings. The van der Waals surface area contributed by atoms with Crippen LogP contribution in [0.4, 0.5) is 10.5 Å². The zero-order chi connectivity index (χ0) is 15.4. The van der Waals surface area contributed by atoms with E-state index in [1.807, 2.05) is 24.3 Å². The second-order valence-corrected chi connectivity index (χ2v) is 7.65. The van der Waals surface area contributed by atoms with Crippen molar-refractivity contribution in [1.82, 2.24) is 0 Å². The first-order valence-electron chi connectivity index (χ1n) is 7.27. The van der Waals surface area contributed by atoms with Gasteiger partial charge in [0.1, 0.15) is 11.5 Å². The first kappa shape index (κ1) is 13.9. The van der Waals surface area contributed by atoms with E-state index in [0.29, 0.717) is 23.4 Å². The number of carbonyl (C=O) groups excluding carboxylic acids is 2. The van der Waals surface area contributed by atoms with Crippen LogP contribution >= 0.6 is 0 Å². The van der Waals surface area contributed by atoms with Crippen LogP contribution in [0.2, 0.25) is 0 Å². The van der Waals surface area contributed by atoms with E-state index in [0.717, 1.165) is 11.5 Å². The predicted molar refractivity (Wildman–Crippen MR) is 80.8 cm³/mol. The smallest absolute Gasteiger partial charge is 0.415 e. The van der Waals surface area contributed by atoms with Crippen molar-refractivity contribution in [3.8, 4) is 0 Å². The minimum Gasteiger partial charge on any atom is -0.616 e. The van der Waals surface area contributed by atoms with Gasteiger partial charge in [-0.25, -0.2) is 4.79 Å². The summed E-state index contributed by atoms with van der Waals surface area (Å²) in [6, 6.07) is 7.74. The Balaban J connectivity index is 1.47. The predicted octanol–water partition coefficient (Wildman–Crippen LogP) is 0.589. The highest BCUT2D eigenvalue weighted by molar-refractivity contribution is 7.91. The molecule has 7 heteroatoms. The molecule has 4 rings (SSSR count). The number of hydrogen-bond donors (Lipinski definition) is 1. The van der Waals surface area contributed by atoms with E-state index in [2.05, 4.69) is 0 Å². The van der Waals surface area contributed by atoms with Crippen LogP contribution in [0.5, 0.6) is 0 Å². The molecule has 2 heterocycles. The van der Waals surface area contributed by atoms with Gasteiger partial charge in [-0.1, -0.05) is 23.3 Å². The van der Waals surface area contributed by atoms with Crippen LogP contribution in [0.15, 0.2) is 24.3 Å². The van der Waals surface area contributed by atoms with Crippen molar-refractivity contribution in [3.63, 3.8) is 0 Å². The van der Waals surface area contributed by atoms with Crippen LogP contribution in [-0.2, 0) is 20.7 Å². The molecule has 2 aliphatic heterocycles. The summed E-state index contributed by atoms with van der Waals surface area (Å²) in [6.07, 6.45) is -1.43. The SMILES string of the molecule is NC(=O)[C@H]1CN(c2ccc(C3[C@H]4C[S+]([O-])C[C@@H]34)cc2)C(=O)O1. The van der Waals surface area contributed by atoms with Crippen LogP contribution in [0, 0.1) is 11.8 Å². The number of hydrogen-bond acceptors (Lipinski definition) is 4. The zero-order valence-electron chi connectivity index (χ0n) is 11.8. The fourth-order valence-corrected chi connectivity index (χ4v) is 5.49. The number of ether oxygens (including phenoxy) is 1. The Labute approximate surface area is 130 Å². The molecule has 2 unspecified atom stereocenters. The third-order valence-corrected chi connectivity index (χ3v) is 6.32. The summed E-state index contributed by atoms with van der Waals surface area (Å²) < 4.78 is 16.4. The number of amides is 2. The molecule has 2 amide bonds. The molecule has 116 valence electrons. The molecule has 6 nitrogen and oxygen atoms in total. The van der Waals surface area contributed by atoms with Gasteiger partial charge in [-0.15, -0.1) is 0 Å². The molecular formula is C15H16N2O4S. The Morgan fingerprint density at radius 1 is 1.27 bits per heavy atom. The standard InChI is InChI=1S/C15H16N2O4S/c16-14(18)12-5-17(15(19)21-12)9-3-1-8(2-4-9)13-10-6-22(20)7-11(10)13/h1-4,10-13H,5-7H2,(H2,16,18)/t10-,11+,12-,13?,22?/m1/s1. The van der Waals surface area contributed by atoms with Crippen LogP contribution in [0.25, 0.3) is 0 Å². The average molecular weight is 320 g/mol. The number of rotatable bonds is 3. The summed E-state index contributed by atoms with van der Waals surface area (Å²) >= 11 is -0.630. The highest BCUT2D eigenvalue weighted by atomic mass is 32.2. The van der Waals surface area contributed by atoms with Gasteiger partial charge < -0.3 is 15.0 Å². The summed E-state index contributed by atoms with van der Waals surface area (Å²) in [7, 11) is 0. The number of carbonyl (C=O) groups is 2. The lowest BCUT2D eigenvalue weighted by molar-refractivity contribution is -0.124. The number of fused-ring (bicyclic) bond motifs is 1. The molecule has 3 fully saturated rings. The lowest BCUT2D eigenvalue weighted by Crippen LogP contribution is -2.32. The minimum absolute atomic E-state index is 0.154. The second-order valence-electron chi connectivity index (χ2n) is 6.10. The Morgan fingerprint density at radius 3 is 2.45 bits per heavy atom. The second kappa shape index (κ2) is 4.89. The highest BCUT2D eigenvalue weighted by Crippen LogP contribution is 2.59. The van der Waals surface area contributed by atoms with Gasteiger partial charge in [0, 0.05) is 17.5 Å². The maximum absolute atomic E-state index is 11.8. The van der Waals surface area contributed by atoms with Crippen molar-refractivity contribution < 1.29 is 18.9 Å². The van der Waals surface area contributed by atoms with Gasteiger partial charge in [0.25, 0.3) is 5.91 Å². The number of primary amides is 1. The van der Waals surface area contributed by atoms with Crippen molar-refractivity contribution >= 4 is 28.9 Å². The lowest BCUT2D eigenvalue weighted by Gasteiger charge is -2.14. The van der Waals surface area contributed by atoms with Crippen molar-refractivity contribution in [2.45, 2.75) is 12.0 Å². The Bertz CT molecular complexity index is 623. The molecule has 1 aliphatic carbocycles. The van der Waals surface area contributed by atoms with Crippen LogP contribution in [0.3, 0.4) is 0 Å². The van der Waals surface area contributed by atoms with Gasteiger partial charge in [0.05, 0.1) is 6.54 Å². The van der Waals surface area contributed by atoms with Crippen molar-refractivity contribution in [3.05, 3.63) is 29.8 Å². The summed E-state index contributed by atoms with van der Waals surface area (Å²) in [6.45, 7) is 0.154. The number of nitrogens with zero attached hydrogens (tertiary/aromatic N) is 1. The topological polar surface area (TPSA) is 95.7 Å². The molecule has 22 heavy (non-hydrogen) atoms. The molecule has 0 radical (unpaired) electrons. The Kier molecular flexibility index (Phi) is 3.09. The summed E-state index contributed by atoms with van der Waals surface area (Å²) in [4.78, 5) is 24.3. The van der Waals surface area contributed by atoms with E-state index >= 15 is 0 Å². The highest BCUT2D eigenvalue weighted by Gasteiger charge is 2.59. The van der Waals surface area contributed by atoms with E-state index in [4.69, 9.17) is 10.5 Å². The van der Waals surface area contributed by atoms with Crippen LogP contribution < -0.4 is 10.6 Å². The maximum Gasteiger partial charge on any atom is 0.415 e. The van der Waals surface area contributed by atoms with E-state index in [9.17, 15) is 14.1 Å². The van der Waals surface area contributed by atoms with Gasteiger partial charge >= 0.3 is 6.09 Å². The summed E-state index contributed by atoms with van der Waals surface area (Å²) in [5.74, 6) is 2.62. The number of nitrogens with two attached hydrogens (primary N) is 1. The van der Waals surface area contributed by atoms with Crippen LogP contribution in [-0.4, -0.2) is 40.7 Å². The Morgan fingerprint density at radius 2 is 1.91 bits per heavy atom. The maximum atomic E-state index is 11.8. The van der Waals surface area contributed by atoms with Gasteiger partial charge in [0.15, 0.2) is 6.10 Å². The van der Waals surface area contributed by atoms with E-state index in [1.54, 1.807) is 0 Å². The van der Waals surface area contributed by atoms with Gasteiger partial charge in [-0.2, -0.15) is 0 Å². The van der Waals surface area contributed by atoms with Crippen LogP contribution in [0.1, 0.15) is 11.5 Å². The lowest BCUT2D eigenvalue weighted by atomic mass is 10.1. The molecule has 0 spiro atoms. The fraction of sp³-hybridized carbons (Fsp3) is 0.467. The molecule has 0 aromatic heterocycles. The summed E-state index contributed by atoms with van der Waals surface area (Å²) in [5, 5.41) is 0. The largest absolute Gasteiger partial charge is 0.616 e. The third kappa shape index (κ3) is 2.16. The first-order chi connectivity index (χ1) is 10.5. The number of anilines is 1. The van der Waals surface area contributed by atoms with E-state index in [1.165, 1.54) is 10.5 Å². The van der Waals surface area contributed by atoms with Crippen molar-refractivity contribution in [2.24, 2.45) is 17.6 Å². The fourth-order valence-electron chi connectivity index (χ4n) is 3.59. The zero-order valence-corrected chi connectivity index (χ0v) is 12.6. The van der Waals surface area contributed by atoms with Gasteiger partial charge in [-0.05, 0) is 23.6 Å². The van der Waals surface area contributed by atoms with Gasteiger partial charge in [0.2, 0.25) is 0 Å². The van der Waals surface area contributed by atoms with Gasteiger partial charge in [-0.3, -0.25) is 9.69 Å². The molecule has 2 N–H and O–H groups in total. The number of cyclic esters (lactones) is 1. The summed E-state index contributed by atoms with van der Waals surface area (Å²) in [5.41, 5.74) is 7.10. The molecule has 1 saturated carbocycles. The molecule has 0 bridgehead atoms. The molecule has 1 aromatic rings. The third-order valence-electron chi connectivity index (χ3n) is 4.81. The molecule has 2 saturated heterocycles. The van der Waals surface area contributed by atoms with E-state index in [-0.39, 0.29) is 6.54 Å². The van der Waals surface area contributed by atoms with Crippen molar-refractivity contribution in [1.29, 1.82) is 0 Å². The Hall–Kier alpha value is -1.73. The molecule has 1 aromatic carbocycles. The van der Waals surface area contributed by atoms with Crippen molar-refractivity contribution in [2.75, 3.05) is 23.0 Å². The average Bonchev–Trinajstić information content (AvgIpc) is 2.83. The number of benzene rings is 1. The van der Waals surface area contributed by atoms with E-state index < -0.39 is 29.3 Å². The monoisotopic (exact) mass is 320 g/mol. The molecule has 5 atom stereocenters. The minimum atomic E-state index is -0.884. The molecular weight excluding hydrogens is 304 g/mol. The first-order valence-corrected chi connectivity index (χ1v) is 8.76. The normalized spacial score (nSPS) is 36.1. The quantitative estimate of drug-likeness (QED) is 0.824.